The average Bonchev–Trinajstić information content (AvgIpc) is 3.11. The molecule has 1 aliphatic heterocycles. The van der Waals surface area contributed by atoms with E-state index in [1.165, 1.54) is 27.4 Å². The van der Waals surface area contributed by atoms with Crippen molar-refractivity contribution in [2.45, 2.75) is 0 Å². The minimum atomic E-state index is -0.724. The molecule has 0 aliphatic carbocycles. The third-order valence-corrected chi connectivity index (χ3v) is 6.07. The molecule has 4 rings (SSSR count). The number of hydrogen-bond donors (Lipinski definition) is 2. The minimum Gasteiger partial charge on any atom is -0.497 e. The minimum absolute atomic E-state index is 0.119. The van der Waals surface area contributed by atoms with Crippen molar-refractivity contribution in [1.82, 2.24) is 0 Å². The van der Waals surface area contributed by atoms with Crippen molar-refractivity contribution in [1.29, 1.82) is 0 Å². The van der Waals surface area contributed by atoms with Gasteiger partial charge in [0.25, 0.3) is 17.7 Å². The molecule has 190 valence electrons. The second-order valence-corrected chi connectivity index (χ2v) is 8.49. The van der Waals surface area contributed by atoms with E-state index < -0.39 is 11.8 Å². The zero-order valence-corrected chi connectivity index (χ0v) is 21.4. The monoisotopic (exact) mass is 541 g/mol. The molecule has 0 unspecified atom stereocenters. The Morgan fingerprint density at radius 3 is 2.14 bits per heavy atom. The highest BCUT2D eigenvalue weighted by Crippen LogP contribution is 2.37. The number of nitrogens with one attached hydrogen (secondary N) is 2. The zero-order chi connectivity index (χ0) is 26.7. The molecule has 2 N–H and O–H groups in total. The van der Waals surface area contributed by atoms with Gasteiger partial charge in [-0.1, -0.05) is 23.2 Å². The maximum Gasteiger partial charge on any atom is 0.283 e. The molecule has 3 amide bonds. The van der Waals surface area contributed by atoms with E-state index in [0.29, 0.717) is 33.5 Å². The molecule has 1 aliphatic rings. The molecule has 0 saturated carbocycles. The van der Waals surface area contributed by atoms with Gasteiger partial charge in [-0.2, -0.15) is 0 Å². The number of halogens is 2. The number of nitrogens with zero attached hydrogens (tertiary/aromatic N) is 1. The third-order valence-electron chi connectivity index (χ3n) is 5.48. The molecule has 0 radical (unpaired) electrons. The summed E-state index contributed by atoms with van der Waals surface area (Å²) in [7, 11) is 4.43. The van der Waals surface area contributed by atoms with Crippen molar-refractivity contribution in [2.24, 2.45) is 0 Å². The summed E-state index contributed by atoms with van der Waals surface area (Å²) in [5.41, 5.74) is 1.27. The highest BCUT2D eigenvalue weighted by molar-refractivity contribution is 6.53. The van der Waals surface area contributed by atoms with Gasteiger partial charge >= 0.3 is 0 Å². The molecule has 37 heavy (non-hydrogen) atoms. The van der Waals surface area contributed by atoms with Crippen LogP contribution in [0.15, 0.2) is 71.4 Å². The summed E-state index contributed by atoms with van der Waals surface area (Å²) in [6, 6.07) is 15.9. The van der Waals surface area contributed by atoms with Crippen molar-refractivity contribution in [2.75, 3.05) is 36.9 Å². The van der Waals surface area contributed by atoms with Crippen LogP contribution in [0.3, 0.4) is 0 Å². The zero-order valence-electron chi connectivity index (χ0n) is 19.9. The Morgan fingerprint density at radius 2 is 1.49 bits per heavy atom. The van der Waals surface area contributed by atoms with Gasteiger partial charge in [0, 0.05) is 22.3 Å². The fourth-order valence-electron chi connectivity index (χ4n) is 3.62. The van der Waals surface area contributed by atoms with Crippen LogP contribution in [0.1, 0.15) is 10.4 Å². The molecule has 0 fully saturated rings. The number of imide groups is 1. The Morgan fingerprint density at radius 1 is 0.811 bits per heavy atom. The highest BCUT2D eigenvalue weighted by atomic mass is 35.5. The first-order valence-electron chi connectivity index (χ1n) is 10.8. The van der Waals surface area contributed by atoms with E-state index in [0.717, 1.165) is 4.90 Å². The van der Waals surface area contributed by atoms with E-state index in [1.54, 1.807) is 54.6 Å². The molecule has 9 nitrogen and oxygen atoms in total. The van der Waals surface area contributed by atoms with E-state index in [1.807, 2.05) is 0 Å². The van der Waals surface area contributed by atoms with Crippen LogP contribution in [0.5, 0.6) is 17.2 Å². The van der Waals surface area contributed by atoms with Crippen LogP contribution >= 0.6 is 23.2 Å². The molecule has 11 heteroatoms. The van der Waals surface area contributed by atoms with E-state index in [4.69, 9.17) is 37.4 Å². The number of carbonyl (C=O) groups is 3. The average molecular weight is 542 g/mol. The van der Waals surface area contributed by atoms with Gasteiger partial charge in [-0.3, -0.25) is 14.4 Å². The number of anilines is 3. The van der Waals surface area contributed by atoms with Crippen LogP contribution in [-0.2, 0) is 9.59 Å². The first-order chi connectivity index (χ1) is 17.8. The Balaban J connectivity index is 1.51. The third kappa shape index (κ3) is 5.18. The second-order valence-electron chi connectivity index (χ2n) is 7.67. The van der Waals surface area contributed by atoms with Crippen LogP contribution in [0.2, 0.25) is 5.02 Å². The molecule has 0 spiro atoms. The maximum atomic E-state index is 13.1. The van der Waals surface area contributed by atoms with E-state index in [-0.39, 0.29) is 28.1 Å². The lowest BCUT2D eigenvalue weighted by molar-refractivity contribution is -0.120. The maximum absolute atomic E-state index is 13.1. The summed E-state index contributed by atoms with van der Waals surface area (Å²) in [5, 5.41) is 5.67. The van der Waals surface area contributed by atoms with E-state index in [9.17, 15) is 14.4 Å². The summed E-state index contributed by atoms with van der Waals surface area (Å²) in [4.78, 5) is 39.6. The molecule has 0 saturated heterocycles. The topological polar surface area (TPSA) is 106 Å². The first kappa shape index (κ1) is 25.9. The van der Waals surface area contributed by atoms with Gasteiger partial charge in [0.1, 0.15) is 28.0 Å². The van der Waals surface area contributed by atoms with Crippen LogP contribution in [0, 0.1) is 0 Å². The lowest BCUT2D eigenvalue weighted by Gasteiger charge is -2.18. The van der Waals surface area contributed by atoms with Gasteiger partial charge in [-0.15, -0.1) is 0 Å². The second kappa shape index (κ2) is 10.8. The number of rotatable bonds is 8. The van der Waals surface area contributed by atoms with Crippen LogP contribution in [-0.4, -0.2) is 39.1 Å². The quantitative estimate of drug-likeness (QED) is 0.384. The number of carbonyl (C=O) groups excluding carboxylic acids is 3. The standard InChI is InChI=1S/C26H21Cl2N3O6/c1-35-17-9-11-20(36-2)18(13-17)30-24(32)14-4-7-16(8-5-14)29-23-22(28)25(33)31(26(23)34)19-12-15(27)6-10-21(19)37-3/h4-13,29H,1-3H3,(H,30,32). The summed E-state index contributed by atoms with van der Waals surface area (Å²) >= 11 is 12.3. The van der Waals surface area contributed by atoms with Gasteiger partial charge in [0.2, 0.25) is 0 Å². The van der Waals surface area contributed by atoms with Crippen molar-refractivity contribution >= 4 is 58.0 Å². The summed E-state index contributed by atoms with van der Waals surface area (Å²) in [6.45, 7) is 0. The fraction of sp³-hybridized carbons (Fsp3) is 0.115. The number of methoxy groups -OCH3 is 3. The normalized spacial score (nSPS) is 13.1. The molecule has 1 heterocycles. The predicted octanol–water partition coefficient (Wildman–Crippen LogP) is 5.05. The smallest absolute Gasteiger partial charge is 0.283 e. The number of ether oxygens (including phenoxy) is 3. The number of hydrogen-bond acceptors (Lipinski definition) is 7. The van der Waals surface area contributed by atoms with E-state index >= 15 is 0 Å². The summed E-state index contributed by atoms with van der Waals surface area (Å²) in [5.74, 6) is -0.484. The van der Waals surface area contributed by atoms with Crippen molar-refractivity contribution in [3.8, 4) is 17.2 Å². The van der Waals surface area contributed by atoms with Gasteiger partial charge in [0.05, 0.1) is 32.7 Å². The van der Waals surface area contributed by atoms with Crippen LogP contribution in [0.25, 0.3) is 0 Å². The lowest BCUT2D eigenvalue weighted by Crippen LogP contribution is -2.32. The van der Waals surface area contributed by atoms with Gasteiger partial charge < -0.3 is 24.8 Å². The molecular formula is C26H21Cl2N3O6. The lowest BCUT2D eigenvalue weighted by atomic mass is 10.1. The molecule has 0 aromatic heterocycles. The highest BCUT2D eigenvalue weighted by Gasteiger charge is 2.40. The summed E-state index contributed by atoms with van der Waals surface area (Å²) < 4.78 is 15.8. The fourth-order valence-corrected chi connectivity index (χ4v) is 4.00. The Hall–Kier alpha value is -4.21. The van der Waals surface area contributed by atoms with E-state index in [2.05, 4.69) is 10.6 Å². The molecule has 3 aromatic carbocycles. The number of benzene rings is 3. The molecular weight excluding hydrogens is 521 g/mol. The van der Waals surface area contributed by atoms with Crippen molar-refractivity contribution in [3.63, 3.8) is 0 Å². The Bertz CT molecular complexity index is 1420. The number of amides is 3. The Kier molecular flexibility index (Phi) is 7.56. The van der Waals surface area contributed by atoms with Crippen molar-refractivity contribution in [3.05, 3.63) is 82.0 Å². The first-order valence-corrected chi connectivity index (χ1v) is 11.6. The predicted molar refractivity (Wildman–Crippen MR) is 141 cm³/mol. The van der Waals surface area contributed by atoms with Crippen molar-refractivity contribution < 1.29 is 28.6 Å². The van der Waals surface area contributed by atoms with Gasteiger partial charge in [-0.05, 0) is 54.6 Å². The largest absolute Gasteiger partial charge is 0.497 e. The Labute approximate surface area is 222 Å². The molecule has 0 atom stereocenters. The van der Waals surface area contributed by atoms with Crippen LogP contribution in [0.4, 0.5) is 17.1 Å². The molecule has 0 bridgehead atoms. The van der Waals surface area contributed by atoms with Gasteiger partial charge in [-0.25, -0.2) is 4.90 Å². The van der Waals surface area contributed by atoms with Gasteiger partial charge in [0.15, 0.2) is 0 Å². The SMILES string of the molecule is COc1ccc(OC)c(NC(=O)c2ccc(NC3=C(Cl)C(=O)N(c4cc(Cl)ccc4OC)C3=O)cc2)c1. The summed E-state index contributed by atoms with van der Waals surface area (Å²) in [6.07, 6.45) is 0. The van der Waals surface area contributed by atoms with Crippen LogP contribution < -0.4 is 29.7 Å². The molecule has 3 aromatic rings.